The summed E-state index contributed by atoms with van der Waals surface area (Å²) in [4.78, 5) is 53.0. The highest BCUT2D eigenvalue weighted by atomic mass is 16.6. The monoisotopic (exact) mass is 491 g/mol. The number of benzene rings is 1. The van der Waals surface area contributed by atoms with Crippen molar-refractivity contribution in [3.8, 4) is 0 Å². The SMILES string of the molecule is CCCN(C(=O)C(NC(=O)OC(C)(C)C)C(C)C)C(C(=O)NCC(=O)OC)c1c(C)cccc1C. The molecule has 0 aliphatic heterocycles. The number of alkyl carbamates (subject to hydrolysis) is 1. The summed E-state index contributed by atoms with van der Waals surface area (Å²) in [6, 6.07) is 3.70. The summed E-state index contributed by atoms with van der Waals surface area (Å²) >= 11 is 0. The number of carbonyl (C=O) groups is 4. The minimum Gasteiger partial charge on any atom is -0.468 e. The van der Waals surface area contributed by atoms with Crippen LogP contribution in [0, 0.1) is 19.8 Å². The summed E-state index contributed by atoms with van der Waals surface area (Å²) in [5.74, 6) is -1.78. The number of hydrogen-bond donors (Lipinski definition) is 2. The Morgan fingerprint density at radius 1 is 1.06 bits per heavy atom. The van der Waals surface area contributed by atoms with E-state index in [1.165, 1.54) is 12.0 Å². The molecule has 0 spiro atoms. The number of aryl methyl sites for hydroxylation is 2. The van der Waals surface area contributed by atoms with Crippen molar-refractivity contribution in [3.63, 3.8) is 0 Å². The minimum absolute atomic E-state index is 0.266. The van der Waals surface area contributed by atoms with Gasteiger partial charge >= 0.3 is 12.1 Å². The molecule has 0 aliphatic carbocycles. The molecule has 2 atom stereocenters. The lowest BCUT2D eigenvalue weighted by molar-refractivity contribution is -0.145. The molecule has 0 aliphatic rings. The van der Waals surface area contributed by atoms with E-state index in [-0.39, 0.29) is 19.0 Å². The third-order valence-electron chi connectivity index (χ3n) is 5.36. The van der Waals surface area contributed by atoms with E-state index in [4.69, 9.17) is 4.74 Å². The molecule has 9 nitrogen and oxygen atoms in total. The number of nitrogens with zero attached hydrogens (tertiary/aromatic N) is 1. The minimum atomic E-state index is -1.00. The van der Waals surface area contributed by atoms with Gasteiger partial charge in [0.15, 0.2) is 0 Å². The van der Waals surface area contributed by atoms with Crippen LogP contribution in [0.15, 0.2) is 18.2 Å². The number of rotatable bonds is 10. The second-order valence-electron chi connectivity index (χ2n) is 9.90. The number of nitrogens with one attached hydrogen (secondary N) is 2. The van der Waals surface area contributed by atoms with Crippen molar-refractivity contribution < 1.29 is 28.7 Å². The first kappa shape index (κ1) is 29.9. The third kappa shape index (κ3) is 8.88. The van der Waals surface area contributed by atoms with E-state index in [0.717, 1.165) is 11.1 Å². The molecule has 0 saturated carbocycles. The van der Waals surface area contributed by atoms with Gasteiger partial charge in [-0.3, -0.25) is 14.4 Å². The zero-order chi connectivity index (χ0) is 26.9. The molecule has 9 heteroatoms. The van der Waals surface area contributed by atoms with E-state index in [9.17, 15) is 19.2 Å². The van der Waals surface area contributed by atoms with Gasteiger partial charge in [-0.2, -0.15) is 0 Å². The Morgan fingerprint density at radius 2 is 1.63 bits per heavy atom. The fraction of sp³-hybridized carbons (Fsp3) is 0.615. The summed E-state index contributed by atoms with van der Waals surface area (Å²) in [6.07, 6.45) is -0.130. The predicted molar refractivity (Wildman–Crippen MR) is 134 cm³/mol. The van der Waals surface area contributed by atoms with Crippen molar-refractivity contribution >= 4 is 23.9 Å². The van der Waals surface area contributed by atoms with Gasteiger partial charge in [0.2, 0.25) is 11.8 Å². The largest absolute Gasteiger partial charge is 0.468 e. The second-order valence-corrected chi connectivity index (χ2v) is 9.90. The number of esters is 1. The van der Waals surface area contributed by atoms with Crippen LogP contribution in [0.1, 0.15) is 70.7 Å². The Labute approximate surface area is 208 Å². The fourth-order valence-corrected chi connectivity index (χ4v) is 3.75. The number of hydrogen-bond acceptors (Lipinski definition) is 6. The Bertz CT molecular complexity index is 887. The lowest BCUT2D eigenvalue weighted by Crippen LogP contribution is -2.55. The van der Waals surface area contributed by atoms with Crippen molar-refractivity contribution in [2.45, 2.75) is 79.5 Å². The Balaban J connectivity index is 3.50. The highest BCUT2D eigenvalue weighted by Crippen LogP contribution is 2.29. The average Bonchev–Trinajstić information content (AvgIpc) is 2.75. The predicted octanol–water partition coefficient (Wildman–Crippen LogP) is 3.42. The standard InChI is InChI=1S/C26H41N3O6/c1-10-14-29(24(32)21(16(2)3)28-25(33)35-26(6,7)8)22(23(31)27-15-19(30)34-9)20-17(4)12-11-13-18(20)5/h11-13,16,21-22H,10,14-15H2,1-9H3,(H,27,31)(H,28,33). The number of ether oxygens (including phenoxy) is 2. The molecule has 0 heterocycles. The van der Waals surface area contributed by atoms with Gasteiger partial charge in [-0.25, -0.2) is 4.79 Å². The molecule has 0 saturated heterocycles. The smallest absolute Gasteiger partial charge is 0.408 e. The normalized spacial score (nSPS) is 13.0. The van der Waals surface area contributed by atoms with Crippen LogP contribution in [0.2, 0.25) is 0 Å². The molecule has 1 rings (SSSR count). The average molecular weight is 492 g/mol. The van der Waals surface area contributed by atoms with Crippen LogP contribution >= 0.6 is 0 Å². The maximum Gasteiger partial charge on any atom is 0.408 e. The van der Waals surface area contributed by atoms with Crippen molar-refractivity contribution in [1.29, 1.82) is 0 Å². The van der Waals surface area contributed by atoms with Crippen LogP contribution in [-0.2, 0) is 23.9 Å². The molecule has 0 radical (unpaired) electrons. The molecule has 35 heavy (non-hydrogen) atoms. The molecule has 2 unspecified atom stereocenters. The maximum absolute atomic E-state index is 13.9. The topological polar surface area (TPSA) is 114 Å². The maximum atomic E-state index is 13.9. The van der Waals surface area contributed by atoms with E-state index in [2.05, 4.69) is 15.4 Å². The molecule has 1 aromatic rings. The van der Waals surface area contributed by atoms with Gasteiger partial charge in [0.05, 0.1) is 7.11 Å². The van der Waals surface area contributed by atoms with Gasteiger partial charge in [0.25, 0.3) is 0 Å². The zero-order valence-corrected chi connectivity index (χ0v) is 22.5. The van der Waals surface area contributed by atoms with Crippen LogP contribution in [0.5, 0.6) is 0 Å². The third-order valence-corrected chi connectivity index (χ3v) is 5.36. The summed E-state index contributed by atoms with van der Waals surface area (Å²) in [6.45, 7) is 14.4. The molecular weight excluding hydrogens is 450 g/mol. The van der Waals surface area contributed by atoms with Gasteiger partial charge in [-0.1, -0.05) is 39.0 Å². The fourth-order valence-electron chi connectivity index (χ4n) is 3.75. The van der Waals surface area contributed by atoms with Crippen molar-refractivity contribution in [2.75, 3.05) is 20.2 Å². The Kier molecular flexibility index (Phi) is 11.2. The summed E-state index contributed by atoms with van der Waals surface area (Å²) in [5, 5.41) is 5.29. The molecule has 0 aromatic heterocycles. The molecule has 0 bridgehead atoms. The number of carbonyl (C=O) groups excluding carboxylic acids is 4. The Hall–Kier alpha value is -3.10. The van der Waals surface area contributed by atoms with E-state index in [1.807, 2.05) is 52.8 Å². The van der Waals surface area contributed by atoms with E-state index >= 15 is 0 Å². The van der Waals surface area contributed by atoms with Gasteiger partial charge in [-0.05, 0) is 63.6 Å². The first-order valence-corrected chi connectivity index (χ1v) is 11.9. The molecule has 0 fully saturated rings. The van der Waals surface area contributed by atoms with E-state index in [1.54, 1.807) is 20.8 Å². The lowest BCUT2D eigenvalue weighted by atomic mass is 9.92. The van der Waals surface area contributed by atoms with Crippen molar-refractivity contribution in [2.24, 2.45) is 5.92 Å². The van der Waals surface area contributed by atoms with Crippen LogP contribution in [0.25, 0.3) is 0 Å². The van der Waals surface area contributed by atoms with Gasteiger partial charge in [-0.15, -0.1) is 0 Å². The molecule has 2 N–H and O–H groups in total. The van der Waals surface area contributed by atoms with Gasteiger partial charge < -0.3 is 25.0 Å². The van der Waals surface area contributed by atoms with Crippen LogP contribution in [-0.4, -0.2) is 60.6 Å². The number of methoxy groups -OCH3 is 1. The zero-order valence-electron chi connectivity index (χ0n) is 22.5. The molecule has 3 amide bonds. The van der Waals surface area contributed by atoms with Crippen molar-refractivity contribution in [1.82, 2.24) is 15.5 Å². The second kappa shape index (κ2) is 13.1. The summed E-state index contributed by atoms with van der Waals surface area (Å²) < 4.78 is 10.0. The molecule has 1 aromatic carbocycles. The quantitative estimate of drug-likeness (QED) is 0.485. The summed E-state index contributed by atoms with van der Waals surface area (Å²) in [5.41, 5.74) is 1.61. The first-order chi connectivity index (χ1) is 16.2. The Morgan fingerprint density at radius 3 is 2.09 bits per heavy atom. The van der Waals surface area contributed by atoms with Crippen LogP contribution < -0.4 is 10.6 Å². The van der Waals surface area contributed by atoms with Crippen LogP contribution in [0.3, 0.4) is 0 Å². The van der Waals surface area contributed by atoms with Crippen LogP contribution in [0.4, 0.5) is 4.79 Å². The highest BCUT2D eigenvalue weighted by molar-refractivity contribution is 5.93. The van der Waals surface area contributed by atoms with E-state index in [0.29, 0.717) is 12.0 Å². The van der Waals surface area contributed by atoms with E-state index < -0.39 is 41.6 Å². The van der Waals surface area contributed by atoms with Gasteiger partial charge in [0, 0.05) is 6.54 Å². The lowest BCUT2D eigenvalue weighted by Gasteiger charge is -2.36. The van der Waals surface area contributed by atoms with Crippen molar-refractivity contribution in [3.05, 3.63) is 34.9 Å². The number of amides is 3. The highest BCUT2D eigenvalue weighted by Gasteiger charge is 2.38. The molecular formula is C26H41N3O6. The summed E-state index contributed by atoms with van der Waals surface area (Å²) in [7, 11) is 1.24. The van der Waals surface area contributed by atoms with Gasteiger partial charge in [0.1, 0.15) is 24.2 Å². The molecule has 196 valence electrons. The first-order valence-electron chi connectivity index (χ1n) is 11.9.